The quantitative estimate of drug-likeness (QED) is 0.662. The van der Waals surface area contributed by atoms with Crippen LogP contribution in [-0.4, -0.2) is 5.78 Å². The molecule has 0 atom stereocenters. The smallest absolute Gasteiger partial charge is 0.159 e. The highest BCUT2D eigenvalue weighted by atomic mass is 16.1. The molecular formula is C19H29NO. The molecule has 2 rings (SSSR count). The van der Waals surface area contributed by atoms with Crippen LogP contribution in [0.4, 0.5) is 0 Å². The van der Waals surface area contributed by atoms with E-state index >= 15 is 0 Å². The zero-order chi connectivity index (χ0) is 16.5. The van der Waals surface area contributed by atoms with Gasteiger partial charge in [0.05, 0.1) is 11.6 Å². The fourth-order valence-corrected chi connectivity index (χ4v) is 2.00. The van der Waals surface area contributed by atoms with E-state index in [-0.39, 0.29) is 5.78 Å². The maximum Gasteiger partial charge on any atom is 0.159 e. The summed E-state index contributed by atoms with van der Waals surface area (Å²) in [5.41, 5.74) is 1.70. The Hall–Kier alpha value is -1.62. The number of hydrogen-bond donors (Lipinski definition) is 0. The van der Waals surface area contributed by atoms with Crippen LogP contribution in [0.15, 0.2) is 24.3 Å². The molecule has 1 aromatic rings. The number of benzene rings is 1. The molecule has 2 heteroatoms. The van der Waals surface area contributed by atoms with Crippen molar-refractivity contribution in [2.24, 2.45) is 11.3 Å². The minimum atomic E-state index is -0.0119. The molecule has 0 spiro atoms. The van der Waals surface area contributed by atoms with Crippen LogP contribution in [-0.2, 0) is 0 Å². The zero-order valence-electron chi connectivity index (χ0n) is 14.4. The first kappa shape index (κ1) is 19.4. The summed E-state index contributed by atoms with van der Waals surface area (Å²) in [4.78, 5) is 10.8. The average Bonchev–Trinajstić information content (AvgIpc) is 3.23. The van der Waals surface area contributed by atoms with Crippen molar-refractivity contribution in [2.75, 3.05) is 0 Å². The summed E-state index contributed by atoms with van der Waals surface area (Å²) in [6.07, 6.45) is 4.43. The molecular weight excluding hydrogens is 258 g/mol. The average molecular weight is 287 g/mol. The number of Topliss-reactive ketones (excluding diaryl/α,β-unsaturated/α-hetero) is 1. The van der Waals surface area contributed by atoms with Crippen molar-refractivity contribution >= 4 is 5.78 Å². The Morgan fingerprint density at radius 3 is 2.19 bits per heavy atom. The summed E-state index contributed by atoms with van der Waals surface area (Å²) in [6.45, 7) is 12.5. The van der Waals surface area contributed by atoms with Gasteiger partial charge in [0.25, 0.3) is 0 Å². The van der Waals surface area contributed by atoms with Gasteiger partial charge >= 0.3 is 0 Å². The Morgan fingerprint density at radius 1 is 1.29 bits per heavy atom. The van der Waals surface area contributed by atoms with Crippen molar-refractivity contribution < 1.29 is 4.79 Å². The van der Waals surface area contributed by atoms with Crippen molar-refractivity contribution in [3.63, 3.8) is 0 Å². The highest BCUT2D eigenvalue weighted by Gasteiger charge is 2.26. The second-order valence-corrected chi connectivity index (χ2v) is 6.46. The zero-order valence-corrected chi connectivity index (χ0v) is 14.4. The number of hydrogen-bond acceptors (Lipinski definition) is 2. The minimum Gasteiger partial charge on any atom is -0.295 e. The molecule has 21 heavy (non-hydrogen) atoms. The molecule has 1 saturated carbocycles. The fourth-order valence-electron chi connectivity index (χ4n) is 2.00. The van der Waals surface area contributed by atoms with Crippen molar-refractivity contribution in [2.45, 2.75) is 60.8 Å². The summed E-state index contributed by atoms with van der Waals surface area (Å²) in [5, 5.41) is 8.48. The predicted molar refractivity (Wildman–Crippen MR) is 89.3 cm³/mol. The van der Waals surface area contributed by atoms with E-state index < -0.39 is 0 Å². The van der Waals surface area contributed by atoms with Crippen LogP contribution in [0.3, 0.4) is 0 Å². The van der Waals surface area contributed by atoms with Crippen molar-refractivity contribution in [3.8, 4) is 6.07 Å². The van der Waals surface area contributed by atoms with Crippen molar-refractivity contribution in [1.82, 2.24) is 0 Å². The van der Waals surface area contributed by atoms with Gasteiger partial charge in [-0.25, -0.2) is 0 Å². The Morgan fingerprint density at radius 2 is 1.86 bits per heavy atom. The minimum absolute atomic E-state index is 0.0119. The molecule has 0 N–H and O–H groups in total. The number of ketones is 1. The van der Waals surface area contributed by atoms with Gasteiger partial charge in [-0.2, -0.15) is 5.26 Å². The number of nitrogens with zero attached hydrogens (tertiary/aromatic N) is 1. The van der Waals surface area contributed by atoms with Crippen LogP contribution >= 0.6 is 0 Å². The highest BCUT2D eigenvalue weighted by Crippen LogP contribution is 2.39. The molecule has 0 aliphatic heterocycles. The van der Waals surface area contributed by atoms with Crippen molar-refractivity contribution in [1.29, 1.82) is 5.26 Å². The van der Waals surface area contributed by atoms with Crippen LogP contribution < -0.4 is 0 Å². The van der Waals surface area contributed by atoms with Gasteiger partial charge in [-0.15, -0.1) is 0 Å². The van der Waals surface area contributed by atoms with Gasteiger partial charge in [-0.3, -0.25) is 4.79 Å². The summed E-state index contributed by atoms with van der Waals surface area (Å²) in [7, 11) is 0. The lowest BCUT2D eigenvalue weighted by Crippen LogP contribution is -2.04. The van der Waals surface area contributed by atoms with Gasteiger partial charge in [0.2, 0.25) is 0 Å². The molecule has 1 aliphatic carbocycles. The molecule has 0 unspecified atom stereocenters. The SMILES string of the molecule is CC.CC(=O)c1cccc(C#N)c1.CC(C)(C)CC1CC1. The number of rotatable bonds is 2. The molecule has 1 aromatic carbocycles. The van der Waals surface area contributed by atoms with Gasteiger partial charge < -0.3 is 0 Å². The van der Waals surface area contributed by atoms with Crippen LogP contribution in [0, 0.1) is 22.7 Å². The highest BCUT2D eigenvalue weighted by molar-refractivity contribution is 5.94. The van der Waals surface area contributed by atoms with E-state index in [1.165, 1.54) is 26.2 Å². The number of carbonyl (C=O) groups excluding carboxylic acids is 1. The molecule has 0 bridgehead atoms. The van der Waals surface area contributed by atoms with E-state index in [1.807, 2.05) is 19.9 Å². The number of carbonyl (C=O) groups is 1. The Labute approximate surface area is 130 Å². The second kappa shape index (κ2) is 9.34. The van der Waals surface area contributed by atoms with Gasteiger partial charge in [-0.05, 0) is 36.8 Å². The lowest BCUT2D eigenvalue weighted by atomic mass is 9.90. The van der Waals surface area contributed by atoms with Crippen molar-refractivity contribution in [3.05, 3.63) is 35.4 Å². The monoisotopic (exact) mass is 287 g/mol. The summed E-state index contributed by atoms with van der Waals surface area (Å²) >= 11 is 0. The van der Waals surface area contributed by atoms with E-state index in [0.717, 1.165) is 5.92 Å². The fraction of sp³-hybridized carbons (Fsp3) is 0.579. The Kier molecular flexibility index (Phi) is 8.62. The normalized spacial score (nSPS) is 13.0. The van der Waals surface area contributed by atoms with Gasteiger partial charge in [0.15, 0.2) is 5.78 Å². The van der Waals surface area contributed by atoms with Crippen LogP contribution in [0.1, 0.15) is 76.7 Å². The topological polar surface area (TPSA) is 40.9 Å². The molecule has 2 nitrogen and oxygen atoms in total. The summed E-state index contributed by atoms with van der Waals surface area (Å²) < 4.78 is 0. The Balaban J connectivity index is 0.000000354. The molecule has 0 radical (unpaired) electrons. The molecule has 0 saturated heterocycles. The molecule has 116 valence electrons. The summed E-state index contributed by atoms with van der Waals surface area (Å²) in [5.74, 6) is 1.08. The lowest BCUT2D eigenvalue weighted by Gasteiger charge is -2.16. The van der Waals surface area contributed by atoms with E-state index in [2.05, 4.69) is 20.8 Å². The lowest BCUT2D eigenvalue weighted by molar-refractivity contribution is 0.101. The standard InChI is InChI=1S/C9H7NO.C8H16.C2H6/c1-7(11)9-4-2-3-8(5-9)6-10;1-8(2,3)6-7-4-5-7;1-2/h2-5H,1H3;7H,4-6H2,1-3H3;1-2H3. The third-order valence-electron chi connectivity index (χ3n) is 3.00. The molecule has 1 fully saturated rings. The van der Waals surface area contributed by atoms with E-state index in [9.17, 15) is 4.79 Å². The largest absolute Gasteiger partial charge is 0.295 e. The van der Waals surface area contributed by atoms with Crippen LogP contribution in [0.5, 0.6) is 0 Å². The molecule has 0 amide bonds. The second-order valence-electron chi connectivity index (χ2n) is 6.46. The van der Waals surface area contributed by atoms with Crippen LogP contribution in [0.2, 0.25) is 0 Å². The molecule has 0 heterocycles. The Bertz CT molecular complexity index is 473. The van der Waals surface area contributed by atoms with E-state index in [1.54, 1.807) is 24.3 Å². The first-order chi connectivity index (χ1) is 9.81. The van der Waals surface area contributed by atoms with Gasteiger partial charge in [0, 0.05) is 5.56 Å². The maximum absolute atomic E-state index is 10.8. The third-order valence-corrected chi connectivity index (χ3v) is 3.00. The molecule has 0 aromatic heterocycles. The molecule has 1 aliphatic rings. The van der Waals surface area contributed by atoms with E-state index in [0.29, 0.717) is 16.5 Å². The van der Waals surface area contributed by atoms with E-state index in [4.69, 9.17) is 5.26 Å². The number of nitriles is 1. The first-order valence-corrected chi connectivity index (χ1v) is 7.83. The van der Waals surface area contributed by atoms with Gasteiger partial charge in [0.1, 0.15) is 0 Å². The maximum atomic E-state index is 10.8. The first-order valence-electron chi connectivity index (χ1n) is 7.83. The predicted octanol–water partition coefficient (Wildman–Crippen LogP) is 5.62. The van der Waals surface area contributed by atoms with Gasteiger partial charge in [-0.1, -0.05) is 59.6 Å². The third kappa shape index (κ3) is 9.85. The summed E-state index contributed by atoms with van der Waals surface area (Å²) in [6, 6.07) is 8.63. The van der Waals surface area contributed by atoms with Crippen LogP contribution in [0.25, 0.3) is 0 Å².